The number of aliphatic hydroxyl groups is 1. The van der Waals surface area contributed by atoms with E-state index >= 15 is 0 Å². The van der Waals surface area contributed by atoms with Gasteiger partial charge in [0.1, 0.15) is 16.2 Å². The molecule has 0 saturated carbocycles. The van der Waals surface area contributed by atoms with Gasteiger partial charge in [-0.15, -0.1) is 16.8 Å². The number of carbonyl (C=O) groups excluding carboxylic acids is 1. The molecule has 0 spiro atoms. The third-order valence-corrected chi connectivity index (χ3v) is 10.5. The van der Waals surface area contributed by atoms with Crippen molar-refractivity contribution in [2.24, 2.45) is 16.0 Å². The van der Waals surface area contributed by atoms with Gasteiger partial charge in [0.25, 0.3) is 10.0 Å². The van der Waals surface area contributed by atoms with Gasteiger partial charge in [-0.1, -0.05) is 38.1 Å². The Bertz CT molecular complexity index is 1670. The number of Topliss-reactive ketones (excluding diaryl/α,β-unsaturated/α-hetero) is 1. The largest absolute Gasteiger partial charge is 0.506 e. The number of anilines is 2. The van der Waals surface area contributed by atoms with Crippen molar-refractivity contribution >= 4 is 61.4 Å². The highest BCUT2D eigenvalue weighted by molar-refractivity contribution is 7.91. The Hall–Kier alpha value is -2.97. The Balaban J connectivity index is 0.00000387. The highest BCUT2D eigenvalue weighted by atomic mass is 35.5. The highest BCUT2D eigenvalue weighted by Gasteiger charge is 2.46. The summed E-state index contributed by atoms with van der Waals surface area (Å²) in [5.41, 5.74) is 5.89. The number of aliphatic hydroxyl groups excluding tert-OH is 1. The van der Waals surface area contributed by atoms with Crippen molar-refractivity contribution in [1.29, 1.82) is 0 Å². The molecule has 1 saturated heterocycles. The zero-order valence-electron chi connectivity index (χ0n) is 22.9. The maximum Gasteiger partial charge on any atom is 0.301 e. The summed E-state index contributed by atoms with van der Waals surface area (Å²) in [5, 5.41) is 14.1. The summed E-state index contributed by atoms with van der Waals surface area (Å²) >= 11 is 0. The number of hydrogen-bond acceptors (Lipinski definition) is 8. The number of rotatable bonds is 7. The van der Waals surface area contributed by atoms with Crippen molar-refractivity contribution in [2.45, 2.75) is 56.4 Å². The fourth-order valence-electron chi connectivity index (χ4n) is 5.37. The minimum Gasteiger partial charge on any atom is -0.506 e. The van der Waals surface area contributed by atoms with Gasteiger partial charge in [-0.3, -0.25) is 9.52 Å². The van der Waals surface area contributed by atoms with Gasteiger partial charge in [0, 0.05) is 24.7 Å². The van der Waals surface area contributed by atoms with Crippen LogP contribution in [0.2, 0.25) is 0 Å². The van der Waals surface area contributed by atoms with E-state index in [2.05, 4.69) is 28.3 Å². The quantitative estimate of drug-likeness (QED) is 0.362. The molecule has 0 radical (unpaired) electrons. The lowest BCUT2D eigenvalue weighted by Gasteiger charge is -2.36. The van der Waals surface area contributed by atoms with Crippen LogP contribution < -0.4 is 15.8 Å². The summed E-state index contributed by atoms with van der Waals surface area (Å²) in [5.74, 6) is -0.728. The second-order valence-electron chi connectivity index (χ2n) is 11.1. The maximum absolute atomic E-state index is 14.0. The van der Waals surface area contributed by atoms with Gasteiger partial charge in [-0.2, -0.15) is 21.1 Å². The summed E-state index contributed by atoms with van der Waals surface area (Å²) in [6.45, 7) is 6.35. The van der Waals surface area contributed by atoms with Gasteiger partial charge < -0.3 is 16.2 Å². The first kappa shape index (κ1) is 31.0. The molecule has 2 aliphatic heterocycles. The fourth-order valence-corrected chi connectivity index (χ4v) is 7.81. The molecule has 5 rings (SSSR count). The molecule has 2 unspecified atom stereocenters. The predicted molar refractivity (Wildman–Crippen MR) is 161 cm³/mol. The molecule has 41 heavy (non-hydrogen) atoms. The predicted octanol–water partition coefficient (Wildman–Crippen LogP) is 3.56. The highest BCUT2D eigenvalue weighted by Crippen LogP contribution is 2.44. The minimum absolute atomic E-state index is 0. The van der Waals surface area contributed by atoms with Crippen LogP contribution in [0.4, 0.5) is 11.4 Å². The third-order valence-electron chi connectivity index (χ3n) is 7.70. The molecule has 222 valence electrons. The zero-order valence-corrected chi connectivity index (χ0v) is 25.4. The molecule has 5 N–H and O–H groups in total. The van der Waals surface area contributed by atoms with Crippen molar-refractivity contribution in [1.82, 2.24) is 4.31 Å². The summed E-state index contributed by atoms with van der Waals surface area (Å²) in [7, 11) is -8.31. The number of hydrogen-bond donors (Lipinski definition) is 4. The van der Waals surface area contributed by atoms with Crippen LogP contribution in [-0.2, 0) is 30.4 Å². The number of nitrogens with two attached hydrogens (primary N) is 1. The van der Waals surface area contributed by atoms with Crippen molar-refractivity contribution < 1.29 is 26.7 Å². The normalized spacial score (nSPS) is 23.8. The van der Waals surface area contributed by atoms with Gasteiger partial charge in [0.05, 0.1) is 16.8 Å². The first-order valence-corrected chi connectivity index (χ1v) is 16.0. The van der Waals surface area contributed by atoms with Crippen molar-refractivity contribution in [3.63, 3.8) is 0 Å². The molecule has 0 aromatic heterocycles. The van der Waals surface area contributed by atoms with Gasteiger partial charge in [-0.25, -0.2) is 0 Å². The van der Waals surface area contributed by atoms with E-state index in [0.717, 1.165) is 6.42 Å². The van der Waals surface area contributed by atoms with Crippen LogP contribution in [-0.4, -0.2) is 57.0 Å². The number of amidine groups is 1. The molecule has 3 aliphatic rings. The molecule has 0 amide bonds. The second kappa shape index (κ2) is 11.0. The molecular formula is C27H34ClN5O6S2. The number of benzene rings is 2. The Labute approximate surface area is 246 Å². The Kier molecular flexibility index (Phi) is 8.33. The number of nitrogens with one attached hydrogen (secondary N) is 2. The van der Waals surface area contributed by atoms with Crippen molar-refractivity contribution in [3.05, 3.63) is 59.2 Å². The lowest BCUT2D eigenvalue weighted by molar-refractivity contribution is -0.120. The Morgan fingerprint density at radius 2 is 1.95 bits per heavy atom. The number of sulfonamides is 1. The Morgan fingerprint density at radius 1 is 1.24 bits per heavy atom. The van der Waals surface area contributed by atoms with E-state index in [1.165, 1.54) is 22.5 Å². The van der Waals surface area contributed by atoms with Crippen molar-refractivity contribution in [2.75, 3.05) is 23.1 Å². The number of fused-ring (bicyclic) bond motifs is 2. The summed E-state index contributed by atoms with van der Waals surface area (Å²) in [6, 6.07) is 10.8. The molecule has 0 bridgehead atoms. The van der Waals surface area contributed by atoms with E-state index in [0.29, 0.717) is 29.9 Å². The molecule has 1 aliphatic carbocycles. The van der Waals surface area contributed by atoms with Crippen LogP contribution in [0.25, 0.3) is 5.76 Å². The molecule has 2 heterocycles. The molecule has 2 atom stereocenters. The topological polar surface area (TPSA) is 171 Å². The van der Waals surface area contributed by atoms with Crippen LogP contribution in [0.3, 0.4) is 0 Å². The van der Waals surface area contributed by atoms with Crippen LogP contribution in [0.1, 0.15) is 51.2 Å². The number of carbonyl (C=O) groups is 1. The maximum atomic E-state index is 14.0. The monoisotopic (exact) mass is 623 g/mol. The Morgan fingerprint density at radius 3 is 2.61 bits per heavy atom. The van der Waals surface area contributed by atoms with Crippen LogP contribution in [0.15, 0.2) is 57.3 Å². The van der Waals surface area contributed by atoms with E-state index in [9.17, 15) is 26.7 Å². The van der Waals surface area contributed by atoms with E-state index in [-0.39, 0.29) is 65.0 Å². The van der Waals surface area contributed by atoms with Crippen LogP contribution in [0, 0.1) is 5.92 Å². The second-order valence-corrected chi connectivity index (χ2v) is 14.4. The fraction of sp³-hybridized carbons (Fsp3) is 0.407. The van der Waals surface area contributed by atoms with Gasteiger partial charge in [0.15, 0.2) is 11.6 Å². The summed E-state index contributed by atoms with van der Waals surface area (Å²) < 4.78 is 59.7. The van der Waals surface area contributed by atoms with E-state index < -0.39 is 31.4 Å². The lowest BCUT2D eigenvalue weighted by Crippen LogP contribution is -2.42. The summed E-state index contributed by atoms with van der Waals surface area (Å²) in [4.78, 5) is 13.7. The van der Waals surface area contributed by atoms with E-state index in [1.807, 2.05) is 0 Å². The summed E-state index contributed by atoms with van der Waals surface area (Å²) in [6.07, 6.45) is 1.77. The molecule has 1 fully saturated rings. The van der Waals surface area contributed by atoms with E-state index in [1.54, 1.807) is 31.2 Å². The average Bonchev–Trinajstić information content (AvgIpc) is 3.34. The van der Waals surface area contributed by atoms with Crippen LogP contribution >= 0.6 is 12.4 Å². The smallest absolute Gasteiger partial charge is 0.301 e. The first-order chi connectivity index (χ1) is 18.7. The first-order valence-electron chi connectivity index (χ1n) is 13.1. The zero-order chi connectivity index (χ0) is 29.0. The number of nitrogens with zero attached hydrogens (tertiary/aromatic N) is 2. The standard InChI is InChI=1S/C27H33N5O6S2.ClH/c1-16(2)10-12-27(3)20-7-5-4-6-19(20)24(33)23(25(27)34)26-29-21-9-8-18(14-22(21)39(35,36)31-26)30-40(37,38)32-13-11-17(28)15-32;/h4-9,14,16-17,30,33H,10-13,15,28H2,1-3H3,(H,29,31);1H. The molecular weight excluding hydrogens is 590 g/mol. The average molecular weight is 624 g/mol. The van der Waals surface area contributed by atoms with Crippen molar-refractivity contribution in [3.8, 4) is 0 Å². The number of halogens is 1. The minimum atomic E-state index is -4.37. The molecule has 14 heteroatoms. The van der Waals surface area contributed by atoms with E-state index in [4.69, 9.17) is 5.73 Å². The molecule has 2 aromatic carbocycles. The van der Waals surface area contributed by atoms with Gasteiger partial charge >= 0.3 is 10.2 Å². The lowest BCUT2D eigenvalue weighted by atomic mass is 9.66. The van der Waals surface area contributed by atoms with Gasteiger partial charge in [0.2, 0.25) is 0 Å². The molecule has 2 aromatic rings. The SMILES string of the molecule is CC(C)CCC1(C)C(=O)C(C2=NS(=O)(=O)c3cc(NS(=O)(=O)N4CCC(N)C4)ccc3N2)=C(O)c2ccccc21.Cl. The number of ketones is 1. The third kappa shape index (κ3) is 5.61. The molecule has 11 nitrogen and oxygen atoms in total. The van der Waals surface area contributed by atoms with Crippen LogP contribution in [0.5, 0.6) is 0 Å². The van der Waals surface area contributed by atoms with Gasteiger partial charge in [-0.05, 0) is 55.9 Å².